The largest absolute Gasteiger partial charge is 0.431 e. The fourth-order valence-electron chi connectivity index (χ4n) is 5.05. The zero-order chi connectivity index (χ0) is 20.5. The van der Waals surface area contributed by atoms with Gasteiger partial charge in [0.15, 0.2) is 23.3 Å². The second-order valence-corrected chi connectivity index (χ2v) is 8.45. The topological polar surface area (TPSA) is 47.6 Å². The highest BCUT2D eigenvalue weighted by molar-refractivity contribution is 5.82. The van der Waals surface area contributed by atoms with E-state index in [0.29, 0.717) is 6.42 Å². The molecule has 3 fully saturated rings. The summed E-state index contributed by atoms with van der Waals surface area (Å²) in [5, 5.41) is 2.14. The minimum absolute atomic E-state index is 0.0868. The summed E-state index contributed by atoms with van der Waals surface area (Å²) in [7, 11) is 0. The molecule has 2 saturated heterocycles. The third-order valence-electron chi connectivity index (χ3n) is 6.50. The Balaban J connectivity index is 1.61. The van der Waals surface area contributed by atoms with Gasteiger partial charge in [-0.05, 0) is 26.7 Å². The van der Waals surface area contributed by atoms with Crippen LogP contribution in [0.5, 0.6) is 0 Å². The SMILES string of the molecule is CC1(C)O[C@]2(C[C@H](Nc3c(F)c(F)c(F)c(F)c3F)C(=O)O2)CC12CCCC2. The molecule has 0 radical (unpaired) electrons. The smallest absolute Gasteiger partial charge is 0.331 e. The zero-order valence-electron chi connectivity index (χ0n) is 15.4. The van der Waals surface area contributed by atoms with E-state index in [0.717, 1.165) is 25.7 Å². The van der Waals surface area contributed by atoms with Crippen LogP contribution in [0.3, 0.4) is 0 Å². The molecule has 1 saturated carbocycles. The molecule has 1 aromatic rings. The lowest BCUT2D eigenvalue weighted by Crippen LogP contribution is -2.37. The maximum absolute atomic E-state index is 13.9. The van der Waals surface area contributed by atoms with Crippen molar-refractivity contribution in [1.29, 1.82) is 0 Å². The third kappa shape index (κ3) is 2.62. The fraction of sp³-hybridized carbons (Fsp3) is 0.632. The van der Waals surface area contributed by atoms with Crippen molar-refractivity contribution >= 4 is 11.7 Å². The molecule has 1 aromatic carbocycles. The lowest BCUT2D eigenvalue weighted by Gasteiger charge is -2.35. The normalized spacial score (nSPS) is 30.4. The number of nitrogens with one attached hydrogen (secondary N) is 1. The molecule has 1 aliphatic carbocycles. The maximum Gasteiger partial charge on any atom is 0.331 e. The number of hydrogen-bond acceptors (Lipinski definition) is 4. The molecule has 2 spiro atoms. The molecule has 2 aliphatic heterocycles. The van der Waals surface area contributed by atoms with E-state index in [1.165, 1.54) is 0 Å². The molecule has 4 nitrogen and oxygen atoms in total. The summed E-state index contributed by atoms with van der Waals surface area (Å²) in [6.45, 7) is 3.84. The molecule has 9 heteroatoms. The van der Waals surface area contributed by atoms with Gasteiger partial charge in [-0.15, -0.1) is 0 Å². The van der Waals surface area contributed by atoms with E-state index in [1.807, 2.05) is 13.8 Å². The highest BCUT2D eigenvalue weighted by Gasteiger charge is 2.65. The molecule has 2 atom stereocenters. The van der Waals surface area contributed by atoms with Crippen LogP contribution in [0.2, 0.25) is 0 Å². The van der Waals surface area contributed by atoms with Crippen LogP contribution in [-0.4, -0.2) is 23.4 Å². The Kier molecular flexibility index (Phi) is 4.19. The molecule has 28 heavy (non-hydrogen) atoms. The van der Waals surface area contributed by atoms with Crippen LogP contribution < -0.4 is 5.32 Å². The lowest BCUT2D eigenvalue weighted by atomic mass is 9.70. The molecule has 1 N–H and O–H groups in total. The molecule has 0 bridgehead atoms. The summed E-state index contributed by atoms with van der Waals surface area (Å²) in [6, 6.07) is -1.29. The summed E-state index contributed by atoms with van der Waals surface area (Å²) in [5.41, 5.74) is -1.99. The van der Waals surface area contributed by atoms with Crippen LogP contribution in [0.25, 0.3) is 0 Å². The summed E-state index contributed by atoms with van der Waals surface area (Å²) in [5.74, 6) is -12.6. The molecule has 2 heterocycles. The van der Waals surface area contributed by atoms with E-state index in [4.69, 9.17) is 9.47 Å². The van der Waals surface area contributed by atoms with Crippen molar-refractivity contribution in [2.24, 2.45) is 5.41 Å². The van der Waals surface area contributed by atoms with Crippen LogP contribution in [0.1, 0.15) is 52.4 Å². The van der Waals surface area contributed by atoms with E-state index in [9.17, 15) is 26.7 Å². The van der Waals surface area contributed by atoms with E-state index in [-0.39, 0.29) is 11.8 Å². The predicted molar refractivity (Wildman–Crippen MR) is 87.8 cm³/mol. The Bertz CT molecular complexity index is 823. The number of carbonyl (C=O) groups is 1. The minimum Gasteiger partial charge on any atom is -0.431 e. The first-order valence-corrected chi connectivity index (χ1v) is 9.22. The number of benzene rings is 1. The van der Waals surface area contributed by atoms with Crippen LogP contribution >= 0.6 is 0 Å². The predicted octanol–water partition coefficient (Wildman–Crippen LogP) is 4.57. The van der Waals surface area contributed by atoms with Crippen LogP contribution in [-0.2, 0) is 14.3 Å². The van der Waals surface area contributed by atoms with Gasteiger partial charge in [0, 0.05) is 18.3 Å². The molecule has 3 aliphatic rings. The Hall–Kier alpha value is -1.90. The van der Waals surface area contributed by atoms with Gasteiger partial charge in [0.2, 0.25) is 11.6 Å². The molecule has 0 unspecified atom stereocenters. The average molecular weight is 405 g/mol. The van der Waals surface area contributed by atoms with Gasteiger partial charge in [0.05, 0.1) is 5.60 Å². The number of hydrogen-bond donors (Lipinski definition) is 1. The number of halogens is 5. The van der Waals surface area contributed by atoms with Gasteiger partial charge < -0.3 is 14.8 Å². The first-order valence-electron chi connectivity index (χ1n) is 9.22. The standard InChI is InChI=1S/C19H20F5NO3/c1-17(2)18(5-3-4-6-18)8-19(28-17)7-9(16(26)27-19)25-15-13(23)11(21)10(20)12(22)14(15)24/h9,25H,3-8H2,1-2H3/t9-,19+/m0/s1. The number of rotatable bonds is 2. The first-order chi connectivity index (χ1) is 13.0. The summed E-state index contributed by atoms with van der Waals surface area (Å²) >= 11 is 0. The summed E-state index contributed by atoms with van der Waals surface area (Å²) < 4.78 is 79.5. The second kappa shape index (κ2) is 6.05. The summed E-state index contributed by atoms with van der Waals surface area (Å²) in [4.78, 5) is 12.3. The van der Waals surface area contributed by atoms with E-state index in [1.54, 1.807) is 0 Å². The lowest BCUT2D eigenvalue weighted by molar-refractivity contribution is -0.222. The molecule has 154 valence electrons. The second-order valence-electron chi connectivity index (χ2n) is 8.45. The van der Waals surface area contributed by atoms with Gasteiger partial charge in [-0.25, -0.2) is 26.7 Å². The maximum atomic E-state index is 13.9. The highest BCUT2D eigenvalue weighted by Crippen LogP contribution is 2.62. The number of ether oxygens (including phenoxy) is 2. The molecule has 4 rings (SSSR count). The van der Waals surface area contributed by atoms with Crippen molar-refractivity contribution in [3.8, 4) is 0 Å². The van der Waals surface area contributed by atoms with E-state index >= 15 is 0 Å². The van der Waals surface area contributed by atoms with E-state index in [2.05, 4.69) is 5.32 Å². The van der Waals surface area contributed by atoms with Crippen LogP contribution in [0.15, 0.2) is 0 Å². The average Bonchev–Trinajstić information content (AvgIpc) is 3.26. The highest BCUT2D eigenvalue weighted by atomic mass is 19.2. The molecular weight excluding hydrogens is 385 g/mol. The van der Waals surface area contributed by atoms with Crippen LogP contribution in [0, 0.1) is 34.5 Å². The van der Waals surface area contributed by atoms with Crippen molar-refractivity contribution in [3.05, 3.63) is 29.1 Å². The van der Waals surface area contributed by atoms with Gasteiger partial charge in [0.1, 0.15) is 11.7 Å². The van der Waals surface area contributed by atoms with Crippen molar-refractivity contribution in [2.45, 2.75) is 69.8 Å². The summed E-state index contributed by atoms with van der Waals surface area (Å²) in [6.07, 6.45) is 4.24. The van der Waals surface area contributed by atoms with Crippen molar-refractivity contribution in [3.63, 3.8) is 0 Å². The fourth-order valence-corrected chi connectivity index (χ4v) is 5.05. The van der Waals surface area contributed by atoms with Gasteiger partial charge in [-0.2, -0.15) is 0 Å². The van der Waals surface area contributed by atoms with Gasteiger partial charge in [-0.1, -0.05) is 12.8 Å². The number of carbonyl (C=O) groups excluding carboxylic acids is 1. The van der Waals surface area contributed by atoms with Gasteiger partial charge >= 0.3 is 5.97 Å². The molecule has 0 amide bonds. The number of esters is 1. The van der Waals surface area contributed by atoms with Crippen molar-refractivity contribution < 1.29 is 36.2 Å². The molecular formula is C19H20F5NO3. The number of anilines is 1. The monoisotopic (exact) mass is 405 g/mol. The van der Waals surface area contributed by atoms with E-state index < -0.39 is 58.2 Å². The Morgan fingerprint density at radius 1 is 0.929 bits per heavy atom. The van der Waals surface area contributed by atoms with Crippen molar-refractivity contribution in [1.82, 2.24) is 0 Å². The Labute approximate surface area is 158 Å². The Morgan fingerprint density at radius 3 is 2.04 bits per heavy atom. The zero-order valence-corrected chi connectivity index (χ0v) is 15.4. The Morgan fingerprint density at radius 2 is 1.46 bits per heavy atom. The first kappa shape index (κ1) is 19.4. The quantitative estimate of drug-likeness (QED) is 0.339. The molecule has 0 aromatic heterocycles. The van der Waals surface area contributed by atoms with Gasteiger partial charge in [-0.3, -0.25) is 0 Å². The third-order valence-corrected chi connectivity index (χ3v) is 6.50. The van der Waals surface area contributed by atoms with Crippen LogP contribution in [0.4, 0.5) is 27.6 Å². The minimum atomic E-state index is -2.25. The van der Waals surface area contributed by atoms with Crippen molar-refractivity contribution in [2.75, 3.05) is 5.32 Å². The van der Waals surface area contributed by atoms with Gasteiger partial charge in [0.25, 0.3) is 0 Å².